The molecule has 1 heterocycles. The zero-order valence-electron chi connectivity index (χ0n) is 15.7. The number of nitro benzene ring substituents is 1. The van der Waals surface area contributed by atoms with Gasteiger partial charge in [-0.25, -0.2) is 14.5 Å². The van der Waals surface area contributed by atoms with Crippen molar-refractivity contribution >= 4 is 23.3 Å². The van der Waals surface area contributed by atoms with E-state index in [9.17, 15) is 19.7 Å². The molecule has 0 bridgehead atoms. The van der Waals surface area contributed by atoms with E-state index in [2.05, 4.69) is 15.4 Å². The third-order valence-electron chi connectivity index (χ3n) is 3.91. The highest BCUT2D eigenvalue weighted by molar-refractivity contribution is 5.96. The molecule has 1 aromatic heterocycles. The van der Waals surface area contributed by atoms with Crippen LogP contribution in [0.15, 0.2) is 49.1 Å². The highest BCUT2D eigenvalue weighted by Crippen LogP contribution is 2.24. The molecule has 0 aliphatic carbocycles. The predicted molar refractivity (Wildman–Crippen MR) is 103 cm³/mol. The van der Waals surface area contributed by atoms with Gasteiger partial charge >= 0.3 is 5.97 Å². The van der Waals surface area contributed by atoms with Crippen LogP contribution in [0.25, 0.3) is 5.69 Å². The number of nitrogens with one attached hydrogen (secondary N) is 1. The van der Waals surface area contributed by atoms with Crippen molar-refractivity contribution in [2.24, 2.45) is 0 Å². The Kier molecular flexibility index (Phi) is 5.63. The Balaban J connectivity index is 1.68. The number of aromatic nitrogens is 3. The lowest BCUT2D eigenvalue weighted by Crippen LogP contribution is -2.21. The number of hydrogen-bond donors (Lipinski definition) is 1. The van der Waals surface area contributed by atoms with Crippen molar-refractivity contribution in [3.05, 3.63) is 75.9 Å². The number of carbonyl (C=O) groups excluding carboxylic acids is 2. The van der Waals surface area contributed by atoms with Crippen molar-refractivity contribution in [2.45, 2.75) is 13.8 Å². The van der Waals surface area contributed by atoms with Crippen molar-refractivity contribution in [3.63, 3.8) is 0 Å². The van der Waals surface area contributed by atoms with Gasteiger partial charge in [0.15, 0.2) is 6.61 Å². The molecule has 1 N–H and O–H groups in total. The summed E-state index contributed by atoms with van der Waals surface area (Å²) in [6.07, 6.45) is 2.54. The van der Waals surface area contributed by atoms with E-state index in [4.69, 9.17) is 4.74 Å². The van der Waals surface area contributed by atoms with Crippen LogP contribution in [0.1, 0.15) is 21.5 Å². The summed E-state index contributed by atoms with van der Waals surface area (Å²) < 4.78 is 6.19. The highest BCUT2D eigenvalue weighted by atomic mass is 16.6. The molecule has 2 aromatic carbocycles. The summed E-state index contributed by atoms with van der Waals surface area (Å²) in [5, 5.41) is 17.8. The smallest absolute Gasteiger partial charge is 0.338 e. The summed E-state index contributed by atoms with van der Waals surface area (Å²) in [6, 6.07) is 9.33. The van der Waals surface area contributed by atoms with Gasteiger partial charge in [-0.2, -0.15) is 5.10 Å². The van der Waals surface area contributed by atoms with E-state index in [1.54, 1.807) is 12.1 Å². The lowest BCUT2D eigenvalue weighted by Gasteiger charge is -2.09. The topological polar surface area (TPSA) is 129 Å². The largest absolute Gasteiger partial charge is 0.452 e. The Morgan fingerprint density at radius 3 is 2.52 bits per heavy atom. The molecule has 0 aliphatic rings. The second-order valence-electron chi connectivity index (χ2n) is 6.30. The number of anilines is 1. The number of nitro groups is 1. The van der Waals surface area contributed by atoms with Gasteiger partial charge in [0.1, 0.15) is 18.3 Å². The van der Waals surface area contributed by atoms with E-state index in [-0.39, 0.29) is 16.9 Å². The van der Waals surface area contributed by atoms with Crippen LogP contribution in [0.3, 0.4) is 0 Å². The summed E-state index contributed by atoms with van der Waals surface area (Å²) in [6.45, 7) is 3.28. The molecule has 10 nitrogen and oxygen atoms in total. The van der Waals surface area contributed by atoms with Crippen LogP contribution < -0.4 is 5.32 Å². The zero-order valence-corrected chi connectivity index (χ0v) is 15.7. The molecule has 10 heteroatoms. The van der Waals surface area contributed by atoms with E-state index >= 15 is 0 Å². The molecule has 0 radical (unpaired) electrons. The van der Waals surface area contributed by atoms with Gasteiger partial charge in [0.2, 0.25) is 0 Å². The van der Waals surface area contributed by atoms with Gasteiger partial charge in [-0.1, -0.05) is 6.07 Å². The normalized spacial score (nSPS) is 10.4. The molecular weight excluding hydrogens is 378 g/mol. The van der Waals surface area contributed by atoms with Crippen LogP contribution >= 0.6 is 0 Å². The Morgan fingerprint density at radius 2 is 1.90 bits per heavy atom. The quantitative estimate of drug-likeness (QED) is 0.386. The van der Waals surface area contributed by atoms with Gasteiger partial charge < -0.3 is 10.1 Å². The second kappa shape index (κ2) is 8.30. The molecule has 1 amide bonds. The number of ether oxygens (including phenoxy) is 1. The van der Waals surface area contributed by atoms with Gasteiger partial charge in [-0.3, -0.25) is 14.9 Å². The molecule has 0 saturated carbocycles. The maximum atomic E-state index is 12.2. The number of nitrogens with zero attached hydrogens (tertiary/aromatic N) is 4. The van der Waals surface area contributed by atoms with Crippen molar-refractivity contribution < 1.29 is 19.2 Å². The minimum absolute atomic E-state index is 0.0558. The molecule has 3 aromatic rings. The summed E-state index contributed by atoms with van der Waals surface area (Å²) >= 11 is 0. The lowest BCUT2D eigenvalue weighted by molar-refractivity contribution is -0.384. The SMILES string of the molecule is Cc1cc(C)cc(NC(=O)COC(=O)c2ccc(-n3cncn3)c([N+](=O)[O-])c2)c1. The summed E-state index contributed by atoms with van der Waals surface area (Å²) in [7, 11) is 0. The Hall–Kier alpha value is -4.08. The fourth-order valence-electron chi connectivity index (χ4n) is 2.78. The first-order valence-electron chi connectivity index (χ1n) is 8.52. The fraction of sp³-hybridized carbons (Fsp3) is 0.158. The third-order valence-corrected chi connectivity index (χ3v) is 3.91. The maximum absolute atomic E-state index is 12.2. The number of benzene rings is 2. The van der Waals surface area contributed by atoms with E-state index in [1.165, 1.54) is 29.5 Å². The molecule has 0 fully saturated rings. The Labute approximate surface area is 165 Å². The summed E-state index contributed by atoms with van der Waals surface area (Å²) in [4.78, 5) is 38.7. The van der Waals surface area contributed by atoms with E-state index in [0.29, 0.717) is 5.69 Å². The first-order chi connectivity index (χ1) is 13.8. The summed E-state index contributed by atoms with van der Waals surface area (Å²) in [5.74, 6) is -1.37. The average Bonchev–Trinajstić information content (AvgIpc) is 3.19. The van der Waals surface area contributed by atoms with Crippen LogP contribution in [-0.2, 0) is 9.53 Å². The first-order valence-corrected chi connectivity index (χ1v) is 8.52. The number of rotatable bonds is 6. The molecule has 0 spiro atoms. The fourth-order valence-corrected chi connectivity index (χ4v) is 2.78. The Bertz CT molecular complexity index is 1060. The van der Waals surface area contributed by atoms with Gasteiger partial charge in [-0.05, 0) is 49.2 Å². The van der Waals surface area contributed by atoms with Crippen LogP contribution in [0.4, 0.5) is 11.4 Å². The van der Waals surface area contributed by atoms with Gasteiger partial charge in [-0.15, -0.1) is 0 Å². The van der Waals surface area contributed by atoms with Gasteiger partial charge in [0.25, 0.3) is 11.6 Å². The molecular formula is C19H17N5O5. The number of amides is 1. The number of hydrogen-bond acceptors (Lipinski definition) is 7. The molecule has 0 aliphatic heterocycles. The minimum Gasteiger partial charge on any atom is -0.452 e. The molecule has 148 valence electrons. The Morgan fingerprint density at radius 1 is 1.17 bits per heavy atom. The van der Waals surface area contributed by atoms with Crippen LogP contribution in [0.2, 0.25) is 0 Å². The van der Waals surface area contributed by atoms with Crippen LogP contribution in [-0.4, -0.2) is 38.2 Å². The van der Waals surface area contributed by atoms with E-state index in [0.717, 1.165) is 17.2 Å². The molecule has 29 heavy (non-hydrogen) atoms. The third kappa shape index (κ3) is 4.80. The monoisotopic (exact) mass is 395 g/mol. The van der Waals surface area contributed by atoms with Crippen molar-refractivity contribution in [1.82, 2.24) is 14.8 Å². The number of esters is 1. The molecule has 0 unspecified atom stereocenters. The molecule has 3 rings (SSSR count). The lowest BCUT2D eigenvalue weighted by atomic mass is 10.1. The van der Waals surface area contributed by atoms with Gasteiger partial charge in [0.05, 0.1) is 10.5 Å². The highest BCUT2D eigenvalue weighted by Gasteiger charge is 2.20. The van der Waals surface area contributed by atoms with Crippen LogP contribution in [0.5, 0.6) is 0 Å². The second-order valence-corrected chi connectivity index (χ2v) is 6.30. The standard InChI is InChI=1S/C19H17N5O5/c1-12-5-13(2)7-15(6-12)22-18(25)9-29-19(26)14-3-4-16(17(8-14)24(27)28)23-11-20-10-21-23/h3-8,10-11H,9H2,1-2H3,(H,22,25). The first kappa shape index (κ1) is 19.7. The maximum Gasteiger partial charge on any atom is 0.338 e. The van der Waals surface area contributed by atoms with Crippen molar-refractivity contribution in [3.8, 4) is 5.69 Å². The van der Waals surface area contributed by atoms with E-state index < -0.39 is 23.4 Å². The molecule has 0 atom stereocenters. The minimum atomic E-state index is -0.853. The van der Waals surface area contributed by atoms with Crippen molar-refractivity contribution in [1.29, 1.82) is 0 Å². The van der Waals surface area contributed by atoms with Crippen molar-refractivity contribution in [2.75, 3.05) is 11.9 Å². The van der Waals surface area contributed by atoms with Gasteiger partial charge in [0, 0.05) is 11.8 Å². The average molecular weight is 395 g/mol. The van der Waals surface area contributed by atoms with Crippen LogP contribution in [0, 0.1) is 24.0 Å². The number of carbonyl (C=O) groups is 2. The van der Waals surface area contributed by atoms with E-state index in [1.807, 2.05) is 19.9 Å². The summed E-state index contributed by atoms with van der Waals surface area (Å²) in [5.41, 5.74) is 2.31. The number of aryl methyl sites for hydroxylation is 2. The zero-order chi connectivity index (χ0) is 21.0. The predicted octanol–water partition coefficient (Wildman–Crippen LogP) is 2.59. The molecule has 0 saturated heterocycles.